The van der Waals surface area contributed by atoms with Crippen LogP contribution in [-0.4, -0.2) is 82.5 Å². The van der Waals surface area contributed by atoms with Crippen molar-refractivity contribution in [3.8, 4) is 5.75 Å². The molecule has 2 bridgehead atoms. The number of ether oxygens (including phenoxy) is 1. The smallest absolute Gasteiger partial charge is 0.348 e. The lowest BCUT2D eigenvalue weighted by Gasteiger charge is -2.44. The number of phenols is 1. The zero-order valence-corrected chi connectivity index (χ0v) is 26.7. The summed E-state index contributed by atoms with van der Waals surface area (Å²) in [5.74, 6) is -0.840. The quantitative estimate of drug-likeness (QED) is 0.0940. The molecule has 4 heterocycles. The first kappa shape index (κ1) is 33.4. The van der Waals surface area contributed by atoms with Gasteiger partial charge in [-0.2, -0.15) is 0 Å². The summed E-state index contributed by atoms with van der Waals surface area (Å²) >= 11 is 0. The number of aromatic hydroxyl groups is 1. The number of fused-ring (bicyclic) bond motifs is 4. The number of nitrogens with one attached hydrogen (secondary N) is 3. The van der Waals surface area contributed by atoms with Gasteiger partial charge in [-0.15, -0.1) is 0 Å². The van der Waals surface area contributed by atoms with Crippen LogP contribution >= 0.6 is 0 Å². The van der Waals surface area contributed by atoms with Crippen molar-refractivity contribution in [1.29, 1.82) is 0 Å². The van der Waals surface area contributed by atoms with Crippen LogP contribution in [0.5, 0.6) is 5.75 Å². The molecule has 11 heteroatoms. The van der Waals surface area contributed by atoms with E-state index >= 15 is 0 Å². The van der Waals surface area contributed by atoms with Crippen LogP contribution in [0.15, 0.2) is 83.7 Å². The maximum absolute atomic E-state index is 13.8. The highest BCUT2D eigenvalue weighted by Crippen LogP contribution is 2.36. The lowest BCUT2D eigenvalue weighted by molar-refractivity contribution is -0.177. The summed E-state index contributed by atoms with van der Waals surface area (Å²) in [6, 6.07) is 21.2. The lowest BCUT2D eigenvalue weighted by atomic mass is 9.84. The van der Waals surface area contributed by atoms with E-state index in [1.54, 1.807) is 60.7 Å². The Morgan fingerprint density at radius 2 is 1.71 bits per heavy atom. The highest BCUT2D eigenvalue weighted by Gasteiger charge is 2.45. The van der Waals surface area contributed by atoms with E-state index in [2.05, 4.69) is 20.5 Å². The van der Waals surface area contributed by atoms with Crippen molar-refractivity contribution < 1.29 is 29.6 Å². The lowest BCUT2D eigenvalue weighted by Crippen LogP contribution is -2.53. The summed E-state index contributed by atoms with van der Waals surface area (Å²) < 4.78 is 6.00. The van der Waals surface area contributed by atoms with Crippen LogP contribution in [0.1, 0.15) is 58.8 Å². The number of esters is 1. The number of unbranched alkanes of at least 4 members (excludes halogenated alkanes) is 1. The number of phenolic OH excluding ortho intramolecular Hbond substituents is 1. The van der Waals surface area contributed by atoms with Crippen LogP contribution in [0.3, 0.4) is 0 Å². The number of amides is 1. The molecule has 4 aromatic rings. The molecular weight excluding hydrogens is 612 g/mol. The fraction of sp³-hybridized carbons (Fsp3) is 0.378. The van der Waals surface area contributed by atoms with E-state index in [0.29, 0.717) is 48.1 Å². The zero-order chi connectivity index (χ0) is 33.7. The van der Waals surface area contributed by atoms with Crippen molar-refractivity contribution in [1.82, 2.24) is 20.5 Å². The fourth-order valence-corrected chi connectivity index (χ4v) is 6.81. The summed E-state index contributed by atoms with van der Waals surface area (Å²) in [6.45, 7) is 3.95. The molecule has 6 N–H and O–H groups in total. The second-order valence-electron chi connectivity index (χ2n) is 12.7. The van der Waals surface area contributed by atoms with Crippen molar-refractivity contribution in [2.24, 2.45) is 5.92 Å². The molecule has 0 spiro atoms. The van der Waals surface area contributed by atoms with Crippen LogP contribution < -0.4 is 16.2 Å². The highest BCUT2D eigenvalue weighted by molar-refractivity contribution is 5.95. The Kier molecular flexibility index (Phi) is 10.2. The summed E-state index contributed by atoms with van der Waals surface area (Å²) in [7, 11) is 0. The van der Waals surface area contributed by atoms with E-state index in [1.807, 2.05) is 6.07 Å². The Labute approximate surface area is 278 Å². The summed E-state index contributed by atoms with van der Waals surface area (Å²) in [5, 5.41) is 39.5. The van der Waals surface area contributed by atoms with Gasteiger partial charge < -0.3 is 35.7 Å². The molecule has 0 radical (unpaired) electrons. The molecule has 3 aliphatic heterocycles. The monoisotopic (exact) mass is 654 g/mol. The average molecular weight is 655 g/mol. The molecule has 1 amide bonds. The van der Waals surface area contributed by atoms with Gasteiger partial charge in [-0.05, 0) is 86.6 Å². The van der Waals surface area contributed by atoms with Crippen molar-refractivity contribution in [3.63, 3.8) is 0 Å². The molecule has 0 aliphatic carbocycles. The molecule has 7 rings (SSSR count). The van der Waals surface area contributed by atoms with Gasteiger partial charge in [0.15, 0.2) is 0 Å². The first-order valence-electron chi connectivity index (χ1n) is 16.6. The van der Waals surface area contributed by atoms with Gasteiger partial charge in [-0.1, -0.05) is 48.5 Å². The summed E-state index contributed by atoms with van der Waals surface area (Å²) in [5.41, 5.74) is -0.578. The Bertz CT molecular complexity index is 1800. The van der Waals surface area contributed by atoms with Gasteiger partial charge in [0.2, 0.25) is 11.2 Å². The van der Waals surface area contributed by atoms with E-state index in [4.69, 9.17) is 4.74 Å². The number of aromatic nitrogens is 1. The van der Waals surface area contributed by atoms with Gasteiger partial charge in [0.05, 0.1) is 11.6 Å². The third-order valence-electron chi connectivity index (χ3n) is 9.55. The predicted octanol–water partition coefficient (Wildman–Crippen LogP) is 2.94. The first-order valence-corrected chi connectivity index (χ1v) is 16.6. The molecule has 11 nitrogen and oxygen atoms in total. The number of aliphatic hydroxyl groups excluding tert-OH is 1. The maximum Gasteiger partial charge on any atom is 0.348 e. The largest absolute Gasteiger partial charge is 0.506 e. The zero-order valence-electron chi connectivity index (χ0n) is 26.7. The molecule has 0 saturated carbocycles. The number of benzene rings is 3. The number of pyridine rings is 1. The Morgan fingerprint density at radius 3 is 2.46 bits per heavy atom. The van der Waals surface area contributed by atoms with E-state index < -0.39 is 17.7 Å². The number of rotatable bonds is 13. The minimum absolute atomic E-state index is 0.0607. The van der Waals surface area contributed by atoms with Gasteiger partial charge in [0.1, 0.15) is 11.9 Å². The molecule has 3 aliphatic rings. The standard InChI is InChI=1S/C37H42N4O7/c42-30-13-11-28(29-12-14-33(44)40-34(29)30)31(43)22-38-17-4-5-18-39-35(45)25-7-6-10-27(21-25)37(47,26-8-2-1-3-9-26)36(46)48-32-23-41-19-15-24(32)16-20-41/h1-3,6-14,21,24,31-32,38,42-43,47H,4-5,15-20,22-23H2,(H,39,45)(H,40,44)/t31-,32-,37?/m0/s1. The van der Waals surface area contributed by atoms with Crippen LogP contribution in [0.2, 0.25) is 0 Å². The molecule has 48 heavy (non-hydrogen) atoms. The number of nitrogens with zero attached hydrogens (tertiary/aromatic N) is 1. The summed E-state index contributed by atoms with van der Waals surface area (Å²) in [6.07, 6.45) is 2.22. The van der Waals surface area contributed by atoms with E-state index in [0.717, 1.165) is 32.4 Å². The number of piperidine rings is 3. The SMILES string of the molecule is O=C(NCCCCNC[C@H](O)c1ccc(O)c2[nH]c(=O)ccc12)c1cccc(C(O)(C(=O)O[C@H]2CN3CCC2CC3)c2ccccc2)c1. The van der Waals surface area contributed by atoms with Crippen molar-refractivity contribution in [2.45, 2.75) is 43.5 Å². The molecule has 1 unspecified atom stereocenters. The van der Waals surface area contributed by atoms with Crippen LogP contribution in [0, 0.1) is 5.92 Å². The third kappa shape index (κ3) is 7.14. The number of H-pyrrole nitrogens is 1. The van der Waals surface area contributed by atoms with Crippen molar-refractivity contribution in [3.05, 3.63) is 111 Å². The first-order chi connectivity index (χ1) is 23.2. The van der Waals surface area contributed by atoms with Gasteiger partial charge >= 0.3 is 5.97 Å². The number of aromatic amines is 1. The third-order valence-corrected chi connectivity index (χ3v) is 9.55. The number of hydrogen-bond donors (Lipinski definition) is 6. The Hall–Kier alpha value is -4.55. The number of aliphatic hydroxyl groups is 2. The second-order valence-corrected chi connectivity index (χ2v) is 12.7. The van der Waals surface area contributed by atoms with Crippen LogP contribution in [0.25, 0.3) is 10.9 Å². The van der Waals surface area contributed by atoms with Crippen molar-refractivity contribution in [2.75, 3.05) is 39.3 Å². The molecular formula is C37H42N4O7. The van der Waals surface area contributed by atoms with Gasteiger partial charge in [0.25, 0.3) is 5.91 Å². The number of carbonyl (C=O) groups excluding carboxylic acids is 2. The normalized spacial score (nSPS) is 20.6. The van der Waals surface area contributed by atoms with E-state index in [1.165, 1.54) is 12.1 Å². The maximum atomic E-state index is 13.8. The predicted molar refractivity (Wildman–Crippen MR) is 181 cm³/mol. The van der Waals surface area contributed by atoms with Gasteiger partial charge in [0, 0.05) is 42.2 Å². The second kappa shape index (κ2) is 14.7. The van der Waals surface area contributed by atoms with E-state index in [9.17, 15) is 29.7 Å². The Balaban J connectivity index is 1.02. The molecule has 1 aromatic heterocycles. The minimum atomic E-state index is -2.08. The van der Waals surface area contributed by atoms with Crippen molar-refractivity contribution >= 4 is 22.8 Å². The fourth-order valence-electron chi connectivity index (χ4n) is 6.81. The average Bonchev–Trinajstić information content (AvgIpc) is 3.12. The molecule has 252 valence electrons. The molecule has 3 fully saturated rings. The van der Waals surface area contributed by atoms with Crippen LogP contribution in [0.4, 0.5) is 0 Å². The van der Waals surface area contributed by atoms with E-state index in [-0.39, 0.29) is 46.9 Å². The summed E-state index contributed by atoms with van der Waals surface area (Å²) in [4.78, 5) is 43.4. The number of carbonyl (C=O) groups is 2. The molecule has 3 atom stereocenters. The molecule has 3 aromatic carbocycles. The minimum Gasteiger partial charge on any atom is -0.506 e. The number of hydrogen-bond acceptors (Lipinski definition) is 9. The molecule has 3 saturated heterocycles. The topological polar surface area (TPSA) is 164 Å². The Morgan fingerprint density at radius 1 is 0.958 bits per heavy atom. The van der Waals surface area contributed by atoms with Gasteiger partial charge in [-0.25, -0.2) is 4.79 Å². The highest BCUT2D eigenvalue weighted by atomic mass is 16.6. The van der Waals surface area contributed by atoms with Gasteiger partial charge in [-0.3, -0.25) is 14.5 Å². The van der Waals surface area contributed by atoms with Crippen LogP contribution in [-0.2, 0) is 15.1 Å².